The Morgan fingerprint density at radius 2 is 1.91 bits per heavy atom. The quantitative estimate of drug-likeness (QED) is 0.812. The maximum absolute atomic E-state index is 12.8. The average molecular weight is 340 g/mol. The van der Waals surface area contributed by atoms with Crippen molar-refractivity contribution in [2.24, 2.45) is 0 Å². The summed E-state index contributed by atoms with van der Waals surface area (Å²) in [7, 11) is -2.09. The summed E-state index contributed by atoms with van der Waals surface area (Å²) in [5.74, 6) is 0.491. The second-order valence-electron chi connectivity index (χ2n) is 5.50. The number of carbonyl (C=O) groups excluding carboxylic acids is 1. The predicted octanol–water partition coefficient (Wildman–Crippen LogP) is 0.843. The minimum absolute atomic E-state index is 0.00998. The highest BCUT2D eigenvalue weighted by atomic mass is 32.2. The van der Waals surface area contributed by atoms with Gasteiger partial charge >= 0.3 is 0 Å². The standard InChI is InChI=1S/C15H20N2O5S/c1-21-14-5-4-12(11-13(14)17-6-2-3-15(17)18)23(19,20)16-7-9-22-10-8-16/h4-5,11H,2-3,6-10H2,1H3. The van der Waals surface area contributed by atoms with Gasteiger partial charge in [0, 0.05) is 26.1 Å². The van der Waals surface area contributed by atoms with E-state index in [-0.39, 0.29) is 10.8 Å². The first-order valence-electron chi connectivity index (χ1n) is 7.60. The van der Waals surface area contributed by atoms with E-state index in [0.717, 1.165) is 6.42 Å². The van der Waals surface area contributed by atoms with Crippen molar-refractivity contribution in [1.29, 1.82) is 0 Å². The number of morpholine rings is 1. The van der Waals surface area contributed by atoms with Crippen LogP contribution in [0.3, 0.4) is 0 Å². The van der Waals surface area contributed by atoms with E-state index >= 15 is 0 Å². The summed E-state index contributed by atoms with van der Waals surface area (Å²) in [6.07, 6.45) is 1.24. The van der Waals surface area contributed by atoms with Gasteiger partial charge in [-0.15, -0.1) is 0 Å². The Bertz CT molecular complexity index is 698. The van der Waals surface area contributed by atoms with Gasteiger partial charge in [0.25, 0.3) is 0 Å². The van der Waals surface area contributed by atoms with Crippen LogP contribution in [0, 0.1) is 0 Å². The van der Waals surface area contributed by atoms with Crippen LogP contribution in [-0.2, 0) is 19.6 Å². The highest BCUT2D eigenvalue weighted by Crippen LogP contribution is 2.34. The summed E-state index contributed by atoms with van der Waals surface area (Å²) in [6, 6.07) is 4.66. The molecule has 23 heavy (non-hydrogen) atoms. The molecule has 8 heteroatoms. The van der Waals surface area contributed by atoms with Crippen LogP contribution in [-0.4, -0.2) is 58.6 Å². The van der Waals surface area contributed by atoms with Crippen LogP contribution in [0.2, 0.25) is 0 Å². The molecule has 0 aromatic heterocycles. The number of methoxy groups -OCH3 is 1. The summed E-state index contributed by atoms with van der Waals surface area (Å²) in [5.41, 5.74) is 0.518. The number of anilines is 1. The Morgan fingerprint density at radius 3 is 2.52 bits per heavy atom. The molecule has 0 bridgehead atoms. The molecule has 3 rings (SSSR count). The number of ether oxygens (including phenoxy) is 2. The van der Waals surface area contributed by atoms with Crippen LogP contribution >= 0.6 is 0 Å². The lowest BCUT2D eigenvalue weighted by Crippen LogP contribution is -2.40. The smallest absolute Gasteiger partial charge is 0.243 e. The normalized spacial score (nSPS) is 20.0. The molecule has 2 saturated heterocycles. The van der Waals surface area contributed by atoms with E-state index in [0.29, 0.717) is 50.7 Å². The van der Waals surface area contributed by atoms with Gasteiger partial charge in [0.05, 0.1) is 30.9 Å². The van der Waals surface area contributed by atoms with Crippen molar-refractivity contribution < 1.29 is 22.7 Å². The van der Waals surface area contributed by atoms with E-state index in [4.69, 9.17) is 9.47 Å². The molecule has 126 valence electrons. The zero-order valence-corrected chi connectivity index (χ0v) is 13.8. The van der Waals surface area contributed by atoms with Crippen molar-refractivity contribution >= 4 is 21.6 Å². The number of benzene rings is 1. The number of carbonyl (C=O) groups is 1. The lowest BCUT2D eigenvalue weighted by atomic mass is 10.2. The van der Waals surface area contributed by atoms with Crippen LogP contribution in [0.1, 0.15) is 12.8 Å². The van der Waals surface area contributed by atoms with Gasteiger partial charge in [-0.2, -0.15) is 4.31 Å². The van der Waals surface area contributed by atoms with E-state index < -0.39 is 10.0 Å². The van der Waals surface area contributed by atoms with Crippen molar-refractivity contribution in [3.63, 3.8) is 0 Å². The van der Waals surface area contributed by atoms with Crippen molar-refractivity contribution in [3.8, 4) is 5.75 Å². The molecule has 0 saturated carbocycles. The highest BCUT2D eigenvalue weighted by molar-refractivity contribution is 7.89. The number of sulfonamides is 1. The van der Waals surface area contributed by atoms with Crippen LogP contribution in [0.15, 0.2) is 23.1 Å². The van der Waals surface area contributed by atoms with E-state index in [9.17, 15) is 13.2 Å². The van der Waals surface area contributed by atoms with Gasteiger partial charge in [-0.3, -0.25) is 4.79 Å². The minimum Gasteiger partial charge on any atom is -0.495 e. The van der Waals surface area contributed by atoms with Gasteiger partial charge < -0.3 is 14.4 Å². The van der Waals surface area contributed by atoms with Gasteiger partial charge in [-0.1, -0.05) is 0 Å². The minimum atomic E-state index is -3.60. The Balaban J connectivity index is 1.98. The maximum atomic E-state index is 12.8. The van der Waals surface area contributed by atoms with Crippen LogP contribution in [0.4, 0.5) is 5.69 Å². The summed E-state index contributed by atoms with van der Waals surface area (Å²) in [4.78, 5) is 13.8. The fourth-order valence-corrected chi connectivity index (χ4v) is 4.31. The Kier molecular flexibility index (Phi) is 4.56. The highest BCUT2D eigenvalue weighted by Gasteiger charge is 2.30. The number of hydrogen-bond donors (Lipinski definition) is 0. The fraction of sp³-hybridized carbons (Fsp3) is 0.533. The zero-order chi connectivity index (χ0) is 16.4. The van der Waals surface area contributed by atoms with Crippen LogP contribution < -0.4 is 9.64 Å². The zero-order valence-electron chi connectivity index (χ0n) is 13.0. The fourth-order valence-electron chi connectivity index (χ4n) is 2.88. The summed E-state index contributed by atoms with van der Waals surface area (Å²) in [6.45, 7) is 2.05. The number of rotatable bonds is 4. The van der Waals surface area contributed by atoms with Gasteiger partial charge in [0.1, 0.15) is 5.75 Å². The first-order valence-corrected chi connectivity index (χ1v) is 9.04. The number of amides is 1. The molecule has 1 amide bonds. The summed E-state index contributed by atoms with van der Waals surface area (Å²) in [5, 5.41) is 0. The van der Waals surface area contributed by atoms with Gasteiger partial charge in [-0.05, 0) is 24.6 Å². The molecule has 1 aromatic rings. The van der Waals surface area contributed by atoms with E-state index in [1.165, 1.54) is 23.5 Å². The monoisotopic (exact) mass is 340 g/mol. The molecule has 0 atom stereocenters. The predicted molar refractivity (Wildman–Crippen MR) is 84.2 cm³/mol. The molecular formula is C15H20N2O5S. The topological polar surface area (TPSA) is 76.2 Å². The maximum Gasteiger partial charge on any atom is 0.243 e. The largest absolute Gasteiger partial charge is 0.495 e. The average Bonchev–Trinajstić information content (AvgIpc) is 3.01. The lowest BCUT2D eigenvalue weighted by Gasteiger charge is -2.27. The summed E-state index contributed by atoms with van der Waals surface area (Å²) < 4.78 is 37.4. The van der Waals surface area contributed by atoms with Crippen LogP contribution in [0.25, 0.3) is 0 Å². The molecular weight excluding hydrogens is 320 g/mol. The van der Waals surface area contributed by atoms with E-state index in [2.05, 4.69) is 0 Å². The number of nitrogens with zero attached hydrogens (tertiary/aromatic N) is 2. The first-order chi connectivity index (χ1) is 11.0. The molecule has 0 radical (unpaired) electrons. The third-order valence-electron chi connectivity index (χ3n) is 4.12. The first kappa shape index (κ1) is 16.2. The molecule has 2 fully saturated rings. The van der Waals surface area contributed by atoms with Crippen LogP contribution in [0.5, 0.6) is 5.75 Å². The second kappa shape index (κ2) is 6.46. The van der Waals surface area contributed by atoms with E-state index in [1.54, 1.807) is 11.0 Å². The second-order valence-corrected chi connectivity index (χ2v) is 7.44. The van der Waals surface area contributed by atoms with Gasteiger partial charge in [0.15, 0.2) is 0 Å². The number of hydrogen-bond acceptors (Lipinski definition) is 5. The van der Waals surface area contributed by atoms with Crippen molar-refractivity contribution in [2.45, 2.75) is 17.7 Å². The Hall–Kier alpha value is -1.64. The molecule has 0 aliphatic carbocycles. The molecule has 7 nitrogen and oxygen atoms in total. The third kappa shape index (κ3) is 3.06. The molecule has 1 aromatic carbocycles. The molecule has 2 heterocycles. The molecule has 2 aliphatic heterocycles. The van der Waals surface area contributed by atoms with E-state index in [1.807, 2.05) is 0 Å². The lowest BCUT2D eigenvalue weighted by molar-refractivity contribution is -0.117. The molecule has 2 aliphatic rings. The Labute approximate surface area is 135 Å². The van der Waals surface area contributed by atoms with Crippen molar-refractivity contribution in [1.82, 2.24) is 4.31 Å². The summed E-state index contributed by atoms with van der Waals surface area (Å²) >= 11 is 0. The van der Waals surface area contributed by atoms with Gasteiger partial charge in [0.2, 0.25) is 15.9 Å². The SMILES string of the molecule is COc1ccc(S(=O)(=O)N2CCOCC2)cc1N1CCCC1=O. The Morgan fingerprint density at radius 1 is 1.17 bits per heavy atom. The van der Waals surface area contributed by atoms with Crippen molar-refractivity contribution in [2.75, 3.05) is 44.9 Å². The molecule has 0 N–H and O–H groups in total. The van der Waals surface area contributed by atoms with Gasteiger partial charge in [-0.25, -0.2) is 8.42 Å². The molecule has 0 unspecified atom stereocenters. The molecule has 0 spiro atoms. The van der Waals surface area contributed by atoms with Crippen molar-refractivity contribution in [3.05, 3.63) is 18.2 Å². The third-order valence-corrected chi connectivity index (χ3v) is 6.02.